The van der Waals surface area contributed by atoms with Crippen LogP contribution < -0.4 is 10.0 Å². The maximum Gasteiger partial charge on any atom is 0.335 e. The number of nitrogens with one attached hydrogen (secondary N) is 2. The number of anilines is 1. The van der Waals surface area contributed by atoms with Gasteiger partial charge in [0.25, 0.3) is 10.2 Å². The lowest BCUT2D eigenvalue weighted by Gasteiger charge is -2.36. The molecule has 0 bridgehead atoms. The maximum absolute atomic E-state index is 13.3. The minimum absolute atomic E-state index is 0.0621. The van der Waals surface area contributed by atoms with Gasteiger partial charge in [-0.15, -0.1) is 0 Å². The zero-order valence-electron chi connectivity index (χ0n) is 15.1. The second-order valence-electron chi connectivity index (χ2n) is 6.49. The Kier molecular flexibility index (Phi) is 5.90. The molecule has 1 aliphatic rings. The average Bonchev–Trinajstić information content (AvgIpc) is 2.66. The summed E-state index contributed by atoms with van der Waals surface area (Å²) in [5.74, 6) is -2.35. The highest BCUT2D eigenvalue weighted by atomic mass is 35.5. The largest absolute Gasteiger partial charge is 0.478 e. The summed E-state index contributed by atoms with van der Waals surface area (Å²) in [6.07, 6.45) is 0.100. The van der Waals surface area contributed by atoms with Crippen LogP contribution in [0, 0.1) is 5.82 Å². The van der Waals surface area contributed by atoms with E-state index in [9.17, 15) is 22.4 Å². The molecule has 0 unspecified atom stereocenters. The summed E-state index contributed by atoms with van der Waals surface area (Å²) >= 11 is 5.71. The van der Waals surface area contributed by atoms with Crippen molar-refractivity contribution in [2.45, 2.75) is 18.5 Å². The molecule has 1 amide bonds. The third kappa shape index (κ3) is 4.56. The second kappa shape index (κ2) is 8.07. The van der Waals surface area contributed by atoms with E-state index < -0.39 is 40.0 Å². The van der Waals surface area contributed by atoms with E-state index in [-0.39, 0.29) is 22.7 Å². The van der Waals surface area contributed by atoms with Gasteiger partial charge in [-0.3, -0.25) is 4.79 Å². The van der Waals surface area contributed by atoms with Gasteiger partial charge in [0.1, 0.15) is 11.9 Å². The fourth-order valence-corrected chi connectivity index (χ4v) is 4.44. The number of benzene rings is 2. The Labute approximate surface area is 171 Å². The number of hydrogen-bond acceptors (Lipinski definition) is 4. The number of likely N-dealkylation sites (N-methyl/N-ethyl adjacent to an activating group) is 1. The first kappa shape index (κ1) is 21.2. The molecule has 29 heavy (non-hydrogen) atoms. The number of carboxylic acids is 1. The average molecular weight is 442 g/mol. The van der Waals surface area contributed by atoms with E-state index in [1.807, 2.05) is 0 Å². The molecule has 3 N–H and O–H groups in total. The van der Waals surface area contributed by atoms with Gasteiger partial charge in [0.2, 0.25) is 5.91 Å². The van der Waals surface area contributed by atoms with Crippen LogP contribution in [0.4, 0.5) is 10.1 Å². The lowest BCUT2D eigenvalue weighted by Crippen LogP contribution is -2.55. The Balaban J connectivity index is 1.84. The normalized spacial score (nSPS) is 21.5. The molecule has 0 aromatic heterocycles. The monoisotopic (exact) mass is 441 g/mol. The van der Waals surface area contributed by atoms with Crippen molar-refractivity contribution in [2.24, 2.45) is 0 Å². The third-order valence-corrected chi connectivity index (χ3v) is 6.50. The van der Waals surface area contributed by atoms with Crippen LogP contribution in [0.2, 0.25) is 5.02 Å². The van der Waals surface area contributed by atoms with Crippen LogP contribution in [0.15, 0.2) is 42.5 Å². The Hall–Kier alpha value is -2.53. The van der Waals surface area contributed by atoms with E-state index in [1.54, 1.807) is 0 Å². The van der Waals surface area contributed by atoms with Gasteiger partial charge in [0.15, 0.2) is 0 Å². The lowest BCUT2D eigenvalue weighted by molar-refractivity contribution is -0.120. The van der Waals surface area contributed by atoms with E-state index in [4.69, 9.17) is 16.7 Å². The predicted molar refractivity (Wildman–Crippen MR) is 104 cm³/mol. The topological polar surface area (TPSA) is 116 Å². The summed E-state index contributed by atoms with van der Waals surface area (Å²) in [6, 6.07) is 7.57. The highest BCUT2D eigenvalue weighted by Crippen LogP contribution is 2.29. The molecule has 2 atom stereocenters. The summed E-state index contributed by atoms with van der Waals surface area (Å²) in [4.78, 5) is 23.7. The second-order valence-corrected chi connectivity index (χ2v) is 8.66. The van der Waals surface area contributed by atoms with Gasteiger partial charge in [-0.1, -0.05) is 23.7 Å². The molecule has 11 heteroatoms. The molecule has 0 saturated carbocycles. The number of carbonyl (C=O) groups excluding carboxylic acids is 1. The van der Waals surface area contributed by atoms with Crippen molar-refractivity contribution >= 4 is 39.4 Å². The lowest BCUT2D eigenvalue weighted by atomic mass is 9.98. The highest BCUT2D eigenvalue weighted by Gasteiger charge is 2.40. The van der Waals surface area contributed by atoms with Gasteiger partial charge in [0.05, 0.1) is 10.6 Å². The highest BCUT2D eigenvalue weighted by molar-refractivity contribution is 7.87. The van der Waals surface area contributed by atoms with Gasteiger partial charge < -0.3 is 10.4 Å². The van der Waals surface area contributed by atoms with Gasteiger partial charge in [-0.2, -0.15) is 17.4 Å². The number of hydrogen-bond donors (Lipinski definition) is 3. The molecule has 0 aliphatic carbocycles. The van der Waals surface area contributed by atoms with Gasteiger partial charge >= 0.3 is 5.97 Å². The molecule has 154 valence electrons. The Bertz CT molecular complexity index is 1060. The summed E-state index contributed by atoms with van der Waals surface area (Å²) in [7, 11) is -2.69. The first-order chi connectivity index (χ1) is 13.6. The van der Waals surface area contributed by atoms with Gasteiger partial charge in [-0.25, -0.2) is 9.18 Å². The van der Waals surface area contributed by atoms with Gasteiger partial charge in [0, 0.05) is 18.8 Å². The molecule has 3 rings (SSSR count). The fourth-order valence-electron chi connectivity index (χ4n) is 2.98. The molecule has 8 nitrogen and oxygen atoms in total. The number of carboxylic acid groups (broad SMARTS) is 1. The van der Waals surface area contributed by atoms with Crippen molar-refractivity contribution in [1.82, 2.24) is 9.03 Å². The molecule has 1 fully saturated rings. The molecular weight excluding hydrogens is 425 g/mol. The predicted octanol–water partition coefficient (Wildman–Crippen LogP) is 2.40. The smallest absolute Gasteiger partial charge is 0.335 e. The first-order valence-corrected chi connectivity index (χ1v) is 10.2. The van der Waals surface area contributed by atoms with Crippen LogP contribution in [0.1, 0.15) is 28.4 Å². The molecule has 1 heterocycles. The number of carbonyl (C=O) groups is 2. The van der Waals surface area contributed by atoms with Crippen molar-refractivity contribution in [1.29, 1.82) is 0 Å². The van der Waals surface area contributed by atoms with Crippen LogP contribution in [0.5, 0.6) is 0 Å². The number of halogens is 2. The molecule has 1 aliphatic heterocycles. The maximum atomic E-state index is 13.3. The summed E-state index contributed by atoms with van der Waals surface area (Å²) < 4.78 is 41.6. The number of amides is 1. The Morgan fingerprint density at radius 1 is 1.24 bits per heavy atom. The first-order valence-electron chi connectivity index (χ1n) is 8.43. The van der Waals surface area contributed by atoms with Crippen LogP contribution in [-0.4, -0.2) is 42.8 Å². The molecule has 0 radical (unpaired) electrons. The minimum atomic E-state index is -3.97. The quantitative estimate of drug-likeness (QED) is 0.673. The zero-order chi connectivity index (χ0) is 21.3. The van der Waals surface area contributed by atoms with Crippen molar-refractivity contribution in [2.75, 3.05) is 12.4 Å². The molecule has 2 aromatic carbocycles. The summed E-state index contributed by atoms with van der Waals surface area (Å²) in [6.45, 7) is 0. The van der Waals surface area contributed by atoms with E-state index in [2.05, 4.69) is 10.0 Å². The number of aromatic carboxylic acids is 1. The van der Waals surface area contributed by atoms with E-state index in [1.165, 1.54) is 43.4 Å². The van der Waals surface area contributed by atoms with Crippen LogP contribution in [0.3, 0.4) is 0 Å². The van der Waals surface area contributed by atoms with Crippen molar-refractivity contribution < 1.29 is 27.5 Å². The standard InChI is InChI=1S/C18H17ClFN3O5S/c1-23-16(17(24)21-12-6-7-14(20)13(19)8-12)9-15(22-29(23,27)28)10-2-4-11(5-3-10)18(25)26/h2-8,15-16,22H,9H2,1H3,(H,21,24)(H,25,26)/t15-,16+/m1/s1. The van der Waals surface area contributed by atoms with Crippen molar-refractivity contribution in [3.8, 4) is 0 Å². The number of rotatable bonds is 4. The van der Waals surface area contributed by atoms with E-state index in [0.717, 1.165) is 10.4 Å². The van der Waals surface area contributed by atoms with Crippen LogP contribution in [0.25, 0.3) is 0 Å². The molecular formula is C18H17ClFN3O5S. The Morgan fingerprint density at radius 3 is 2.48 bits per heavy atom. The van der Waals surface area contributed by atoms with E-state index in [0.29, 0.717) is 5.56 Å². The Morgan fingerprint density at radius 2 is 1.90 bits per heavy atom. The molecule has 1 saturated heterocycles. The third-order valence-electron chi connectivity index (χ3n) is 4.62. The summed E-state index contributed by atoms with van der Waals surface area (Å²) in [5, 5.41) is 11.4. The van der Waals surface area contributed by atoms with Crippen molar-refractivity contribution in [3.63, 3.8) is 0 Å². The zero-order valence-corrected chi connectivity index (χ0v) is 16.7. The van der Waals surface area contributed by atoms with Crippen molar-refractivity contribution in [3.05, 3.63) is 64.4 Å². The fraction of sp³-hybridized carbons (Fsp3) is 0.222. The van der Waals surface area contributed by atoms with E-state index >= 15 is 0 Å². The SMILES string of the molecule is CN1[C@H](C(=O)Nc2ccc(F)c(Cl)c2)C[C@H](c2ccc(C(=O)O)cc2)NS1(=O)=O. The molecule has 2 aromatic rings. The minimum Gasteiger partial charge on any atom is -0.478 e. The van der Waals surface area contributed by atoms with Crippen LogP contribution >= 0.6 is 11.6 Å². The molecule has 0 spiro atoms. The number of nitrogens with zero attached hydrogens (tertiary/aromatic N) is 1. The van der Waals surface area contributed by atoms with Gasteiger partial charge in [-0.05, 0) is 42.3 Å². The van der Waals surface area contributed by atoms with Crippen LogP contribution in [-0.2, 0) is 15.0 Å². The summed E-state index contributed by atoms with van der Waals surface area (Å²) in [5.41, 5.74) is 0.814.